The van der Waals surface area contributed by atoms with Crippen LogP contribution >= 0.6 is 0 Å². The zero-order valence-corrected chi connectivity index (χ0v) is 12.5. The maximum absolute atomic E-state index is 11.3. The maximum atomic E-state index is 11.3. The maximum Gasteiger partial charge on any atom is 0.276 e. The van der Waals surface area contributed by atoms with E-state index in [1.54, 1.807) is 12.3 Å². The summed E-state index contributed by atoms with van der Waals surface area (Å²) in [6.45, 7) is 0.724. The Morgan fingerprint density at radius 2 is 2.05 bits per heavy atom. The van der Waals surface area contributed by atoms with Gasteiger partial charge < -0.3 is 10.3 Å². The number of fused-ring (bicyclic) bond motifs is 1. The van der Waals surface area contributed by atoms with E-state index >= 15 is 0 Å². The van der Waals surface area contributed by atoms with Crippen molar-refractivity contribution in [2.45, 2.75) is 18.9 Å². The Bertz CT molecular complexity index is 841. The second-order valence-electron chi connectivity index (χ2n) is 5.18. The van der Waals surface area contributed by atoms with E-state index < -0.39 is 10.2 Å². The zero-order chi connectivity index (χ0) is 15.7. The molecular formula is C12H16N6O3S. The molecule has 1 saturated heterocycles. The fourth-order valence-electron chi connectivity index (χ4n) is 2.44. The van der Waals surface area contributed by atoms with Crippen LogP contribution in [0.2, 0.25) is 0 Å². The molecule has 0 spiro atoms. The molecule has 0 aliphatic carbocycles. The van der Waals surface area contributed by atoms with Gasteiger partial charge in [0.05, 0.1) is 0 Å². The van der Waals surface area contributed by atoms with Gasteiger partial charge in [0.15, 0.2) is 0 Å². The Morgan fingerprint density at radius 3 is 2.73 bits per heavy atom. The highest BCUT2D eigenvalue weighted by molar-refractivity contribution is 7.86. The lowest BCUT2D eigenvalue weighted by Crippen LogP contribution is -2.45. The monoisotopic (exact) mass is 324 g/mol. The topological polar surface area (TPSA) is 134 Å². The normalized spacial score (nSPS) is 17.7. The predicted octanol–water partition coefficient (Wildman–Crippen LogP) is -0.602. The molecule has 0 aromatic carbocycles. The number of rotatable bonds is 3. The molecule has 2 aromatic heterocycles. The van der Waals surface area contributed by atoms with Crippen LogP contribution in [0.25, 0.3) is 11.0 Å². The van der Waals surface area contributed by atoms with Crippen molar-refractivity contribution in [3.05, 3.63) is 28.7 Å². The number of pyridine rings is 1. The van der Waals surface area contributed by atoms with E-state index in [0.29, 0.717) is 37.5 Å². The SMILES string of the molecule is NS(=O)(=O)N1CCC(Nc2ncc3ccc(=O)[nH]c3n2)CC1. The first-order chi connectivity index (χ1) is 10.4. The summed E-state index contributed by atoms with van der Waals surface area (Å²) in [6, 6.07) is 3.13. The molecule has 0 amide bonds. The number of aromatic amines is 1. The van der Waals surface area contributed by atoms with Crippen molar-refractivity contribution in [3.63, 3.8) is 0 Å². The van der Waals surface area contributed by atoms with Gasteiger partial charge in [-0.1, -0.05) is 0 Å². The number of hydrogen-bond acceptors (Lipinski definition) is 6. The third-order valence-corrected chi connectivity index (χ3v) is 4.70. The van der Waals surface area contributed by atoms with Crippen LogP contribution in [0, 0.1) is 0 Å². The van der Waals surface area contributed by atoms with Gasteiger partial charge in [0.1, 0.15) is 5.65 Å². The Hall–Kier alpha value is -2.04. The van der Waals surface area contributed by atoms with Crippen molar-refractivity contribution in [3.8, 4) is 0 Å². The average Bonchev–Trinajstić information content (AvgIpc) is 2.46. The minimum absolute atomic E-state index is 0.0610. The van der Waals surface area contributed by atoms with Crippen molar-refractivity contribution < 1.29 is 8.42 Å². The summed E-state index contributed by atoms with van der Waals surface area (Å²) in [5, 5.41) is 9.01. The summed E-state index contributed by atoms with van der Waals surface area (Å²) in [4.78, 5) is 22.4. The third-order valence-electron chi connectivity index (χ3n) is 3.62. The first-order valence-corrected chi connectivity index (χ1v) is 8.32. The lowest BCUT2D eigenvalue weighted by atomic mass is 10.1. The van der Waals surface area contributed by atoms with Crippen LogP contribution in [0.5, 0.6) is 0 Å². The Morgan fingerprint density at radius 1 is 1.32 bits per heavy atom. The van der Waals surface area contributed by atoms with Crippen LogP contribution < -0.4 is 16.0 Å². The summed E-state index contributed by atoms with van der Waals surface area (Å²) < 4.78 is 23.8. The van der Waals surface area contributed by atoms with E-state index in [4.69, 9.17) is 5.14 Å². The van der Waals surface area contributed by atoms with Gasteiger partial charge >= 0.3 is 0 Å². The largest absolute Gasteiger partial charge is 0.351 e. The highest BCUT2D eigenvalue weighted by Crippen LogP contribution is 2.16. The van der Waals surface area contributed by atoms with E-state index in [1.165, 1.54) is 10.4 Å². The molecule has 1 aliphatic rings. The molecule has 22 heavy (non-hydrogen) atoms. The second-order valence-corrected chi connectivity index (χ2v) is 6.73. The Balaban J connectivity index is 1.70. The van der Waals surface area contributed by atoms with Crippen LogP contribution in [-0.4, -0.2) is 46.8 Å². The van der Waals surface area contributed by atoms with Crippen molar-refractivity contribution >= 4 is 27.2 Å². The van der Waals surface area contributed by atoms with E-state index in [-0.39, 0.29) is 11.6 Å². The van der Waals surface area contributed by atoms with Crippen molar-refractivity contribution in [2.24, 2.45) is 5.14 Å². The van der Waals surface area contributed by atoms with Gasteiger partial charge in [-0.3, -0.25) is 4.79 Å². The molecule has 0 radical (unpaired) electrons. The van der Waals surface area contributed by atoms with Gasteiger partial charge in [-0.05, 0) is 18.9 Å². The number of hydrogen-bond donors (Lipinski definition) is 3. The molecule has 3 rings (SSSR count). The molecule has 9 nitrogen and oxygen atoms in total. The summed E-state index contributed by atoms with van der Waals surface area (Å²) in [7, 11) is -3.62. The van der Waals surface area contributed by atoms with Crippen LogP contribution in [0.4, 0.5) is 5.95 Å². The number of piperidine rings is 1. The summed E-state index contributed by atoms with van der Waals surface area (Å²) in [5.41, 5.74) is 0.241. The molecule has 0 bridgehead atoms. The fourth-order valence-corrected chi connectivity index (χ4v) is 3.16. The summed E-state index contributed by atoms with van der Waals surface area (Å²) >= 11 is 0. The van der Waals surface area contributed by atoms with Gasteiger partial charge in [0, 0.05) is 36.8 Å². The number of aromatic nitrogens is 3. The molecule has 10 heteroatoms. The molecule has 1 fully saturated rings. The van der Waals surface area contributed by atoms with E-state index in [2.05, 4.69) is 20.3 Å². The average molecular weight is 324 g/mol. The van der Waals surface area contributed by atoms with E-state index in [0.717, 1.165) is 5.39 Å². The number of nitrogens with zero attached hydrogens (tertiary/aromatic N) is 3. The van der Waals surface area contributed by atoms with Gasteiger partial charge in [-0.2, -0.15) is 17.7 Å². The molecule has 0 saturated carbocycles. The smallest absolute Gasteiger partial charge is 0.276 e. The summed E-state index contributed by atoms with van der Waals surface area (Å²) in [5.74, 6) is 0.406. The van der Waals surface area contributed by atoms with Crippen LogP contribution in [-0.2, 0) is 10.2 Å². The molecule has 0 atom stereocenters. The highest BCUT2D eigenvalue weighted by atomic mass is 32.2. The minimum Gasteiger partial charge on any atom is -0.351 e. The summed E-state index contributed by atoms with van der Waals surface area (Å²) in [6.07, 6.45) is 2.85. The van der Waals surface area contributed by atoms with Gasteiger partial charge in [-0.25, -0.2) is 10.1 Å². The van der Waals surface area contributed by atoms with Crippen LogP contribution in [0.3, 0.4) is 0 Å². The molecule has 1 aliphatic heterocycles. The number of nitrogens with two attached hydrogens (primary N) is 1. The lowest BCUT2D eigenvalue weighted by Gasteiger charge is -2.30. The molecule has 4 N–H and O–H groups in total. The van der Waals surface area contributed by atoms with E-state index in [1.807, 2.05) is 0 Å². The highest BCUT2D eigenvalue weighted by Gasteiger charge is 2.25. The first-order valence-electron chi connectivity index (χ1n) is 6.82. The molecule has 0 unspecified atom stereocenters. The number of anilines is 1. The second kappa shape index (κ2) is 5.63. The lowest BCUT2D eigenvalue weighted by molar-refractivity contribution is 0.329. The number of H-pyrrole nitrogens is 1. The fraction of sp³-hybridized carbons (Fsp3) is 0.417. The van der Waals surface area contributed by atoms with Crippen molar-refractivity contribution in [2.75, 3.05) is 18.4 Å². The van der Waals surface area contributed by atoms with E-state index in [9.17, 15) is 13.2 Å². The van der Waals surface area contributed by atoms with Gasteiger partial charge in [-0.15, -0.1) is 0 Å². The molecule has 118 valence electrons. The molecule has 3 heterocycles. The van der Waals surface area contributed by atoms with Crippen LogP contribution in [0.1, 0.15) is 12.8 Å². The molecular weight excluding hydrogens is 308 g/mol. The third kappa shape index (κ3) is 3.24. The van der Waals surface area contributed by atoms with Gasteiger partial charge in [0.25, 0.3) is 10.2 Å². The van der Waals surface area contributed by atoms with Crippen LogP contribution in [0.15, 0.2) is 23.1 Å². The standard InChI is InChI=1S/C12H16N6O3S/c13-22(20,21)18-5-3-9(4-6-18)15-12-14-7-8-1-2-10(19)16-11(8)17-12/h1-2,7,9H,3-6H2,(H2,13,20,21)(H2,14,15,16,17,19). The first kappa shape index (κ1) is 14.9. The minimum atomic E-state index is -3.62. The van der Waals surface area contributed by atoms with Crippen molar-refractivity contribution in [1.29, 1.82) is 0 Å². The van der Waals surface area contributed by atoms with Gasteiger partial charge in [0.2, 0.25) is 11.5 Å². The number of nitrogens with one attached hydrogen (secondary N) is 2. The zero-order valence-electron chi connectivity index (χ0n) is 11.7. The predicted molar refractivity (Wildman–Crippen MR) is 81.5 cm³/mol. The Labute approximate surface area is 126 Å². The quantitative estimate of drug-likeness (QED) is 0.690. The molecule has 2 aromatic rings. The van der Waals surface area contributed by atoms with Crippen molar-refractivity contribution in [1.82, 2.24) is 19.3 Å². The Kier molecular flexibility index (Phi) is 3.81.